The standard InChI is InChI=1S/C19H24N2O5S/c1-21(2)17(14-4-6-15(24-3)7-5-14)13-20-27(22,23)16-8-9-18-19(12-16)26-11-10-25-18/h4-9,12,17,20H,10-11,13H2,1-3H3/t17-/m0/s1. The molecular formula is C19H24N2O5S. The molecule has 0 saturated carbocycles. The zero-order chi connectivity index (χ0) is 19.4. The third-order valence-corrected chi connectivity index (χ3v) is 5.84. The first kappa shape index (κ1) is 19.5. The van der Waals surface area contributed by atoms with Crippen molar-refractivity contribution in [2.24, 2.45) is 0 Å². The monoisotopic (exact) mass is 392 g/mol. The van der Waals surface area contributed by atoms with Crippen LogP contribution in [0.3, 0.4) is 0 Å². The van der Waals surface area contributed by atoms with E-state index < -0.39 is 10.0 Å². The average molecular weight is 392 g/mol. The molecule has 0 bridgehead atoms. The fourth-order valence-electron chi connectivity index (χ4n) is 2.89. The second-order valence-corrected chi connectivity index (χ2v) is 8.18. The number of methoxy groups -OCH3 is 1. The summed E-state index contributed by atoms with van der Waals surface area (Å²) in [6.07, 6.45) is 0. The molecule has 2 aromatic rings. The summed E-state index contributed by atoms with van der Waals surface area (Å²) in [5, 5.41) is 0. The summed E-state index contributed by atoms with van der Waals surface area (Å²) in [5.74, 6) is 1.76. The van der Waals surface area contributed by atoms with E-state index in [1.165, 1.54) is 12.1 Å². The van der Waals surface area contributed by atoms with Crippen molar-refractivity contribution < 1.29 is 22.6 Å². The smallest absolute Gasteiger partial charge is 0.240 e. The Morgan fingerprint density at radius 2 is 1.74 bits per heavy atom. The molecule has 0 aromatic heterocycles. The molecule has 27 heavy (non-hydrogen) atoms. The van der Waals surface area contributed by atoms with Crippen molar-refractivity contribution in [3.8, 4) is 17.2 Å². The zero-order valence-electron chi connectivity index (χ0n) is 15.6. The van der Waals surface area contributed by atoms with Gasteiger partial charge in [0.15, 0.2) is 11.5 Å². The average Bonchev–Trinajstić information content (AvgIpc) is 2.68. The lowest BCUT2D eigenvalue weighted by Gasteiger charge is -2.25. The Morgan fingerprint density at radius 3 is 2.37 bits per heavy atom. The maximum Gasteiger partial charge on any atom is 0.240 e. The molecule has 0 aliphatic carbocycles. The maximum absolute atomic E-state index is 12.7. The van der Waals surface area contributed by atoms with Gasteiger partial charge >= 0.3 is 0 Å². The number of likely N-dealkylation sites (N-methyl/N-ethyl adjacent to an activating group) is 1. The third kappa shape index (κ3) is 4.52. The van der Waals surface area contributed by atoms with E-state index in [9.17, 15) is 8.42 Å². The van der Waals surface area contributed by atoms with Gasteiger partial charge in [0.05, 0.1) is 12.0 Å². The lowest BCUT2D eigenvalue weighted by atomic mass is 10.1. The van der Waals surface area contributed by atoms with E-state index in [0.29, 0.717) is 24.7 Å². The van der Waals surface area contributed by atoms with Crippen molar-refractivity contribution in [3.05, 3.63) is 48.0 Å². The Balaban J connectivity index is 1.75. The molecule has 8 heteroatoms. The van der Waals surface area contributed by atoms with E-state index in [1.54, 1.807) is 13.2 Å². The van der Waals surface area contributed by atoms with E-state index in [1.807, 2.05) is 43.3 Å². The summed E-state index contributed by atoms with van der Waals surface area (Å²) in [4.78, 5) is 2.12. The van der Waals surface area contributed by atoms with Crippen molar-refractivity contribution >= 4 is 10.0 Å². The van der Waals surface area contributed by atoms with Crippen LogP contribution in [0.25, 0.3) is 0 Å². The van der Waals surface area contributed by atoms with Crippen molar-refractivity contribution in [1.82, 2.24) is 9.62 Å². The van der Waals surface area contributed by atoms with Crippen LogP contribution in [0.15, 0.2) is 47.4 Å². The van der Waals surface area contributed by atoms with Gasteiger partial charge in [-0.3, -0.25) is 0 Å². The maximum atomic E-state index is 12.7. The molecule has 7 nitrogen and oxygen atoms in total. The van der Waals surface area contributed by atoms with Crippen LogP contribution in [0.5, 0.6) is 17.2 Å². The van der Waals surface area contributed by atoms with E-state index >= 15 is 0 Å². The van der Waals surface area contributed by atoms with Gasteiger partial charge in [-0.25, -0.2) is 13.1 Å². The number of rotatable bonds is 7. The number of fused-ring (bicyclic) bond motifs is 1. The molecule has 0 saturated heterocycles. The second-order valence-electron chi connectivity index (χ2n) is 6.41. The van der Waals surface area contributed by atoms with Gasteiger partial charge in [0.1, 0.15) is 19.0 Å². The number of hydrogen-bond acceptors (Lipinski definition) is 6. The van der Waals surface area contributed by atoms with Crippen LogP contribution in [0.2, 0.25) is 0 Å². The van der Waals surface area contributed by atoms with E-state index in [2.05, 4.69) is 4.72 Å². The van der Waals surface area contributed by atoms with Crippen LogP contribution in [0, 0.1) is 0 Å². The molecule has 0 spiro atoms. The highest BCUT2D eigenvalue weighted by Gasteiger charge is 2.22. The minimum atomic E-state index is -3.68. The number of nitrogens with one attached hydrogen (secondary N) is 1. The van der Waals surface area contributed by atoms with Crippen LogP contribution < -0.4 is 18.9 Å². The predicted molar refractivity (Wildman–Crippen MR) is 102 cm³/mol. The van der Waals surface area contributed by atoms with Gasteiger partial charge in [0, 0.05) is 18.7 Å². The van der Waals surface area contributed by atoms with E-state index in [-0.39, 0.29) is 17.5 Å². The largest absolute Gasteiger partial charge is 0.497 e. The summed E-state index contributed by atoms with van der Waals surface area (Å²) < 4.78 is 44.3. The molecule has 1 atom stereocenters. The molecule has 0 unspecified atom stereocenters. The van der Waals surface area contributed by atoms with Gasteiger partial charge in [-0.05, 0) is 43.9 Å². The van der Waals surface area contributed by atoms with Crippen molar-refractivity contribution in [1.29, 1.82) is 0 Å². The third-order valence-electron chi connectivity index (χ3n) is 4.41. The molecule has 3 rings (SSSR count). The number of sulfonamides is 1. The van der Waals surface area contributed by atoms with E-state index in [4.69, 9.17) is 14.2 Å². The SMILES string of the molecule is COc1ccc([C@H](CNS(=O)(=O)c2ccc3c(c2)OCCO3)N(C)C)cc1. The van der Waals surface area contributed by atoms with Gasteiger partial charge in [0.25, 0.3) is 0 Å². The normalized spacial score (nSPS) is 14.8. The Hall–Kier alpha value is -2.29. The number of hydrogen-bond donors (Lipinski definition) is 1. The second kappa shape index (κ2) is 8.16. The summed E-state index contributed by atoms with van der Waals surface area (Å²) >= 11 is 0. The minimum Gasteiger partial charge on any atom is -0.497 e. The van der Waals surface area contributed by atoms with Crippen molar-refractivity contribution in [3.63, 3.8) is 0 Å². The summed E-state index contributed by atoms with van der Waals surface area (Å²) in [6.45, 7) is 1.10. The molecule has 0 fully saturated rings. The fraction of sp³-hybridized carbons (Fsp3) is 0.368. The highest BCUT2D eigenvalue weighted by Crippen LogP contribution is 2.32. The van der Waals surface area contributed by atoms with E-state index in [0.717, 1.165) is 11.3 Å². The van der Waals surface area contributed by atoms with Crippen LogP contribution >= 0.6 is 0 Å². The predicted octanol–water partition coefficient (Wildman–Crippen LogP) is 2.05. The Morgan fingerprint density at radius 1 is 1.07 bits per heavy atom. The Labute approximate surface area is 159 Å². The lowest BCUT2D eigenvalue weighted by Crippen LogP contribution is -2.34. The number of nitrogens with zero attached hydrogens (tertiary/aromatic N) is 1. The van der Waals surface area contributed by atoms with Crippen molar-refractivity contribution in [2.75, 3.05) is 41.0 Å². The van der Waals surface area contributed by atoms with Gasteiger partial charge in [-0.1, -0.05) is 12.1 Å². The lowest BCUT2D eigenvalue weighted by molar-refractivity contribution is 0.171. The summed E-state index contributed by atoms with van der Waals surface area (Å²) in [5.41, 5.74) is 0.991. The molecule has 1 N–H and O–H groups in total. The van der Waals surface area contributed by atoms with Gasteiger partial charge < -0.3 is 19.1 Å². The molecule has 0 amide bonds. The minimum absolute atomic E-state index is 0.122. The van der Waals surface area contributed by atoms with Crippen LogP contribution in [-0.2, 0) is 10.0 Å². The number of ether oxygens (including phenoxy) is 3. The summed E-state index contributed by atoms with van der Waals surface area (Å²) in [7, 11) is 1.75. The van der Waals surface area contributed by atoms with Crippen molar-refractivity contribution in [2.45, 2.75) is 10.9 Å². The first-order valence-electron chi connectivity index (χ1n) is 8.60. The fourth-order valence-corrected chi connectivity index (χ4v) is 3.94. The van der Waals surface area contributed by atoms with Gasteiger partial charge in [0.2, 0.25) is 10.0 Å². The molecule has 146 valence electrons. The molecule has 1 aliphatic rings. The first-order chi connectivity index (χ1) is 12.9. The van der Waals surface area contributed by atoms with Crippen LogP contribution in [-0.4, -0.2) is 54.3 Å². The van der Waals surface area contributed by atoms with Gasteiger partial charge in [-0.2, -0.15) is 0 Å². The number of benzene rings is 2. The molecule has 2 aromatic carbocycles. The highest BCUT2D eigenvalue weighted by molar-refractivity contribution is 7.89. The Bertz CT molecular complexity index is 881. The highest BCUT2D eigenvalue weighted by atomic mass is 32.2. The zero-order valence-corrected chi connectivity index (χ0v) is 16.5. The first-order valence-corrected chi connectivity index (χ1v) is 10.1. The quantitative estimate of drug-likeness (QED) is 0.777. The summed E-state index contributed by atoms with van der Waals surface area (Å²) in [6, 6.07) is 12.1. The molecular weight excluding hydrogens is 368 g/mol. The Kier molecular flexibility index (Phi) is 5.88. The van der Waals surface area contributed by atoms with Crippen LogP contribution in [0.4, 0.5) is 0 Å². The topological polar surface area (TPSA) is 77.1 Å². The molecule has 0 radical (unpaired) electrons. The van der Waals surface area contributed by atoms with Gasteiger partial charge in [-0.15, -0.1) is 0 Å². The molecule has 1 heterocycles. The van der Waals surface area contributed by atoms with Crippen LogP contribution in [0.1, 0.15) is 11.6 Å². The molecule has 1 aliphatic heterocycles.